The van der Waals surface area contributed by atoms with E-state index in [1.807, 2.05) is 24.3 Å². The Kier molecular flexibility index (Phi) is 4.62. The molecule has 3 N–H and O–H groups in total. The summed E-state index contributed by atoms with van der Waals surface area (Å²) in [6.07, 6.45) is 3.51. The molecular formula is C9H9BN2O2. The second kappa shape index (κ2) is 5.21. The molecule has 2 aromatic rings. The molecular weight excluding hydrogens is 179 g/mol. The molecule has 2 rings (SSSR count). The summed E-state index contributed by atoms with van der Waals surface area (Å²) in [5.74, 6) is 0.849. The molecule has 0 amide bonds. The smallest absolute Gasteiger partial charge is 0.870 e. The van der Waals surface area contributed by atoms with Gasteiger partial charge in [0.2, 0.25) is 0 Å². The third kappa shape index (κ3) is 2.45. The molecule has 0 saturated heterocycles. The molecule has 0 bridgehead atoms. The minimum absolute atomic E-state index is 0. The molecule has 5 heteroatoms. The van der Waals surface area contributed by atoms with Crippen molar-refractivity contribution in [3.63, 3.8) is 0 Å². The van der Waals surface area contributed by atoms with E-state index in [1.54, 1.807) is 12.4 Å². The molecule has 70 valence electrons. The first-order chi connectivity index (χ1) is 5.86. The van der Waals surface area contributed by atoms with Gasteiger partial charge in [-0.15, -0.1) is 0 Å². The van der Waals surface area contributed by atoms with E-state index in [4.69, 9.17) is 7.85 Å². The maximum atomic E-state index is 5.62. The van der Waals surface area contributed by atoms with Gasteiger partial charge in [0, 0.05) is 0 Å². The Morgan fingerprint density at radius 1 is 1.21 bits per heavy atom. The van der Waals surface area contributed by atoms with E-state index in [0.717, 1.165) is 16.9 Å². The maximum absolute atomic E-state index is 5.62. The molecule has 1 aromatic heterocycles. The third-order valence-corrected chi connectivity index (χ3v) is 1.66. The number of benzene rings is 1. The van der Waals surface area contributed by atoms with Crippen LogP contribution in [0.2, 0.25) is 0 Å². The van der Waals surface area contributed by atoms with Gasteiger partial charge in [-0.05, 0) is 0 Å². The third-order valence-electron chi connectivity index (χ3n) is 1.66. The Hall–Kier alpha value is -1.59. The van der Waals surface area contributed by atoms with E-state index in [0.29, 0.717) is 0 Å². The molecule has 0 unspecified atom stereocenters. The van der Waals surface area contributed by atoms with Gasteiger partial charge in [0.15, 0.2) is 0 Å². The molecule has 4 nitrogen and oxygen atoms in total. The van der Waals surface area contributed by atoms with Gasteiger partial charge >= 0.3 is 71.3 Å². The van der Waals surface area contributed by atoms with Crippen molar-refractivity contribution >= 4 is 13.3 Å². The van der Waals surface area contributed by atoms with Gasteiger partial charge < -0.3 is 11.0 Å². The van der Waals surface area contributed by atoms with Crippen LogP contribution in [0.15, 0.2) is 36.7 Å². The average Bonchev–Trinajstić information content (AvgIpc) is 2.56. The predicted octanol–water partition coefficient (Wildman–Crippen LogP) is 0.517. The molecule has 14 heavy (non-hydrogen) atoms. The summed E-state index contributed by atoms with van der Waals surface area (Å²) < 4.78 is 0. The van der Waals surface area contributed by atoms with Crippen molar-refractivity contribution in [1.29, 1.82) is 0 Å². The number of rotatable bonds is 1. The van der Waals surface area contributed by atoms with Crippen molar-refractivity contribution in [2.75, 3.05) is 0 Å². The fourth-order valence-electron chi connectivity index (χ4n) is 1.11. The number of imidazole rings is 1. The fraction of sp³-hybridized carbons (Fsp3) is 0. The Balaban J connectivity index is 0.000000845. The van der Waals surface area contributed by atoms with Gasteiger partial charge in [0.25, 0.3) is 0 Å². The van der Waals surface area contributed by atoms with Crippen LogP contribution < -0.4 is 5.46 Å². The molecule has 1 aromatic carbocycles. The van der Waals surface area contributed by atoms with Gasteiger partial charge in [-0.2, -0.15) is 0 Å². The van der Waals surface area contributed by atoms with Crippen LogP contribution in [0.3, 0.4) is 0 Å². The zero-order chi connectivity index (χ0) is 8.39. The Morgan fingerprint density at radius 3 is 2.57 bits per heavy atom. The SMILES string of the molecule is [B+2]c1cccc(-c2ncc[nH]2)c1.[OH-].[OH-]. The first-order valence-electron chi connectivity index (χ1n) is 3.71. The summed E-state index contributed by atoms with van der Waals surface area (Å²) in [5, 5.41) is 0. The van der Waals surface area contributed by atoms with E-state index in [9.17, 15) is 0 Å². The van der Waals surface area contributed by atoms with Gasteiger partial charge in [-0.3, -0.25) is 0 Å². The molecule has 0 atom stereocenters. The minimum atomic E-state index is 0. The molecule has 0 aliphatic rings. The first kappa shape index (κ1) is 12.4. The first-order valence-corrected chi connectivity index (χ1v) is 3.71. The van der Waals surface area contributed by atoms with Crippen LogP contribution in [-0.4, -0.2) is 28.8 Å². The molecule has 0 saturated carbocycles. The number of nitrogens with one attached hydrogen (secondary N) is 1. The van der Waals surface area contributed by atoms with Gasteiger partial charge in [-0.25, -0.2) is 0 Å². The van der Waals surface area contributed by atoms with Gasteiger partial charge in [0.1, 0.15) is 0 Å². The molecule has 0 aliphatic heterocycles. The normalized spacial score (nSPS) is 8.71. The summed E-state index contributed by atoms with van der Waals surface area (Å²) in [6.45, 7) is 0. The quantitative estimate of drug-likeness (QED) is 0.661. The molecule has 0 radical (unpaired) electrons. The standard InChI is InChI=1S/C9H7BN2.2H2O/c10-8-3-1-2-7(6-8)9-11-4-5-12-9;;/h1-6H,(H,11,12);2*1H2/q+2;;/p-2. The van der Waals surface area contributed by atoms with Crippen molar-refractivity contribution in [3.8, 4) is 11.4 Å². The Morgan fingerprint density at radius 2 is 2.00 bits per heavy atom. The fourth-order valence-corrected chi connectivity index (χ4v) is 1.11. The minimum Gasteiger partial charge on any atom is -0.870 e. The number of H-pyrrole nitrogens is 1. The largest absolute Gasteiger partial charge is 0.870 e. The summed E-state index contributed by atoms with van der Waals surface area (Å²) >= 11 is 0. The number of nitrogens with zero attached hydrogens (tertiary/aromatic N) is 1. The van der Waals surface area contributed by atoms with Crippen LogP contribution in [0.25, 0.3) is 11.4 Å². The Labute approximate surface area is 83.0 Å². The second-order valence-electron chi connectivity index (χ2n) is 2.56. The van der Waals surface area contributed by atoms with Crippen LogP contribution in [0.4, 0.5) is 0 Å². The number of hydrogen-bond acceptors (Lipinski definition) is 3. The molecule has 1 heterocycles. The van der Waals surface area contributed by atoms with Crippen LogP contribution in [0.1, 0.15) is 0 Å². The predicted molar refractivity (Wildman–Crippen MR) is 53.3 cm³/mol. The van der Waals surface area contributed by atoms with E-state index in [-0.39, 0.29) is 11.0 Å². The van der Waals surface area contributed by atoms with E-state index >= 15 is 0 Å². The van der Waals surface area contributed by atoms with Gasteiger partial charge in [0.05, 0.1) is 0 Å². The second-order valence-corrected chi connectivity index (χ2v) is 2.56. The zero-order valence-electron chi connectivity index (χ0n) is 7.38. The molecule has 0 fully saturated rings. The zero-order valence-corrected chi connectivity index (χ0v) is 7.38. The average molecular weight is 188 g/mol. The van der Waals surface area contributed by atoms with Crippen LogP contribution in [0.5, 0.6) is 0 Å². The van der Waals surface area contributed by atoms with Crippen molar-refractivity contribution in [1.82, 2.24) is 9.97 Å². The van der Waals surface area contributed by atoms with E-state index in [1.165, 1.54) is 0 Å². The topological polar surface area (TPSA) is 88.7 Å². The summed E-state index contributed by atoms with van der Waals surface area (Å²) in [6, 6.07) is 7.62. The number of aromatic nitrogens is 2. The molecule has 0 spiro atoms. The van der Waals surface area contributed by atoms with E-state index in [2.05, 4.69) is 9.97 Å². The summed E-state index contributed by atoms with van der Waals surface area (Å²) in [7, 11) is 5.62. The summed E-state index contributed by atoms with van der Waals surface area (Å²) in [5.41, 5.74) is 1.77. The monoisotopic (exact) mass is 188 g/mol. The van der Waals surface area contributed by atoms with Crippen LogP contribution in [-0.2, 0) is 0 Å². The van der Waals surface area contributed by atoms with Crippen molar-refractivity contribution < 1.29 is 11.0 Å². The number of aromatic amines is 1. The van der Waals surface area contributed by atoms with Crippen LogP contribution >= 0.6 is 0 Å². The van der Waals surface area contributed by atoms with Crippen molar-refractivity contribution in [2.45, 2.75) is 0 Å². The Bertz CT molecular complexity index is 376. The summed E-state index contributed by atoms with van der Waals surface area (Å²) in [4.78, 5) is 7.13. The van der Waals surface area contributed by atoms with Crippen molar-refractivity contribution in [3.05, 3.63) is 36.7 Å². The molecule has 0 aliphatic carbocycles. The maximum Gasteiger partial charge on any atom is -0.870 e. The van der Waals surface area contributed by atoms with Crippen molar-refractivity contribution in [2.24, 2.45) is 0 Å². The van der Waals surface area contributed by atoms with Crippen LogP contribution in [0, 0.1) is 0 Å². The number of hydrogen-bond donors (Lipinski definition) is 1. The van der Waals surface area contributed by atoms with E-state index < -0.39 is 0 Å². The van der Waals surface area contributed by atoms with Gasteiger partial charge in [-0.1, -0.05) is 0 Å².